The minimum absolute atomic E-state index is 0.0429. The van der Waals surface area contributed by atoms with Gasteiger partial charge in [-0.15, -0.1) is 0 Å². The molecule has 0 aliphatic carbocycles. The van der Waals surface area contributed by atoms with Crippen molar-refractivity contribution in [2.24, 2.45) is 0 Å². The highest BCUT2D eigenvalue weighted by Gasteiger charge is 2.12. The molecule has 0 atom stereocenters. The minimum Gasteiger partial charge on any atom is -0.350 e. The number of aromatic nitrogens is 3. The van der Waals surface area contributed by atoms with E-state index >= 15 is 0 Å². The lowest BCUT2D eigenvalue weighted by Gasteiger charge is -2.08. The molecule has 2 rings (SSSR count). The van der Waals surface area contributed by atoms with Crippen molar-refractivity contribution >= 4 is 21.8 Å². The molecule has 0 spiro atoms. The van der Waals surface area contributed by atoms with Gasteiger partial charge in [-0.25, -0.2) is 4.98 Å². The predicted octanol–water partition coefficient (Wildman–Crippen LogP) is 2.36. The fourth-order valence-corrected chi connectivity index (χ4v) is 2.38. The van der Waals surface area contributed by atoms with Crippen LogP contribution < -0.4 is 5.32 Å². The first-order valence-electron chi connectivity index (χ1n) is 6.32. The molecule has 2 aromatic rings. The number of rotatable bonds is 6. The number of carbonyl (C=O) groups is 1. The summed E-state index contributed by atoms with van der Waals surface area (Å²) in [6, 6.07) is 1.85. The first kappa shape index (κ1) is 13.9. The third-order valence-corrected chi connectivity index (χ3v) is 3.23. The van der Waals surface area contributed by atoms with Crippen molar-refractivity contribution in [3.8, 4) is 0 Å². The zero-order chi connectivity index (χ0) is 13.7. The molecule has 6 heteroatoms. The van der Waals surface area contributed by atoms with E-state index in [1.54, 1.807) is 12.5 Å². The average molecular weight is 325 g/mol. The third-order valence-electron chi connectivity index (χ3n) is 2.80. The lowest BCUT2D eigenvalue weighted by Crippen LogP contribution is -2.27. The summed E-state index contributed by atoms with van der Waals surface area (Å²) in [5.74, 6) is -0.0429. The third kappa shape index (κ3) is 3.70. The number of aromatic amines is 1. The summed E-state index contributed by atoms with van der Waals surface area (Å²) < 4.78 is 2.90. The van der Waals surface area contributed by atoms with Gasteiger partial charge in [-0.05, 0) is 28.4 Å². The Morgan fingerprint density at radius 2 is 2.42 bits per heavy atom. The van der Waals surface area contributed by atoms with Gasteiger partial charge in [0, 0.05) is 42.1 Å². The molecular weight excluding hydrogens is 308 g/mol. The lowest BCUT2D eigenvalue weighted by molar-refractivity contribution is 0.0944. The molecule has 2 N–H and O–H groups in total. The molecule has 102 valence electrons. The normalized spacial score (nSPS) is 10.6. The Kier molecular flexibility index (Phi) is 4.79. The van der Waals surface area contributed by atoms with E-state index in [1.807, 2.05) is 16.8 Å². The highest BCUT2D eigenvalue weighted by atomic mass is 79.9. The first-order chi connectivity index (χ1) is 9.20. The highest BCUT2D eigenvalue weighted by Crippen LogP contribution is 2.15. The molecule has 0 aliphatic heterocycles. The molecule has 19 heavy (non-hydrogen) atoms. The Hall–Kier alpha value is -1.56. The second kappa shape index (κ2) is 6.56. The van der Waals surface area contributed by atoms with E-state index in [4.69, 9.17) is 0 Å². The molecule has 0 radical (unpaired) electrons. The summed E-state index contributed by atoms with van der Waals surface area (Å²) in [7, 11) is 0. The lowest BCUT2D eigenvalue weighted by atomic mass is 10.3. The van der Waals surface area contributed by atoms with E-state index in [0.717, 1.165) is 29.6 Å². The van der Waals surface area contributed by atoms with Gasteiger partial charge in [-0.3, -0.25) is 4.79 Å². The van der Waals surface area contributed by atoms with Crippen LogP contribution in [0.4, 0.5) is 0 Å². The summed E-state index contributed by atoms with van der Waals surface area (Å²) in [6.07, 6.45) is 7.09. The second-order valence-corrected chi connectivity index (χ2v) is 5.24. The van der Waals surface area contributed by atoms with E-state index in [1.165, 1.54) is 0 Å². The standard InChI is InChI=1S/C13H17BrN4O/c1-2-5-18-8-10(14)6-12(18)13(19)16-4-3-11-7-15-9-17-11/h6-9H,2-5H2,1H3,(H,15,17)(H,16,19). The van der Waals surface area contributed by atoms with Crippen molar-refractivity contribution in [2.75, 3.05) is 6.54 Å². The van der Waals surface area contributed by atoms with E-state index < -0.39 is 0 Å². The largest absolute Gasteiger partial charge is 0.350 e. The predicted molar refractivity (Wildman–Crippen MR) is 77.0 cm³/mol. The zero-order valence-corrected chi connectivity index (χ0v) is 12.4. The number of halogens is 1. The van der Waals surface area contributed by atoms with Gasteiger partial charge < -0.3 is 14.9 Å². The molecule has 0 saturated carbocycles. The summed E-state index contributed by atoms with van der Waals surface area (Å²) in [4.78, 5) is 19.1. The molecule has 2 aromatic heterocycles. The van der Waals surface area contributed by atoms with Crippen molar-refractivity contribution in [3.05, 3.63) is 40.6 Å². The van der Waals surface area contributed by atoms with Gasteiger partial charge in [0.05, 0.1) is 6.33 Å². The Balaban J connectivity index is 1.92. The van der Waals surface area contributed by atoms with Gasteiger partial charge in [-0.1, -0.05) is 6.92 Å². The monoisotopic (exact) mass is 324 g/mol. The maximum Gasteiger partial charge on any atom is 0.267 e. The molecule has 0 saturated heterocycles. The Labute approximate surface area is 120 Å². The quantitative estimate of drug-likeness (QED) is 0.856. The van der Waals surface area contributed by atoms with Gasteiger partial charge in [0.25, 0.3) is 5.91 Å². The smallest absolute Gasteiger partial charge is 0.267 e. The van der Waals surface area contributed by atoms with Crippen molar-refractivity contribution in [3.63, 3.8) is 0 Å². The summed E-state index contributed by atoms with van der Waals surface area (Å²) >= 11 is 3.41. The van der Waals surface area contributed by atoms with Crippen LogP contribution in [0.3, 0.4) is 0 Å². The Morgan fingerprint density at radius 1 is 1.58 bits per heavy atom. The molecule has 0 aliphatic rings. The topological polar surface area (TPSA) is 62.7 Å². The maximum absolute atomic E-state index is 12.1. The van der Waals surface area contributed by atoms with Crippen LogP contribution in [0.2, 0.25) is 0 Å². The fourth-order valence-electron chi connectivity index (χ4n) is 1.91. The van der Waals surface area contributed by atoms with Crippen molar-refractivity contribution in [1.29, 1.82) is 0 Å². The second-order valence-electron chi connectivity index (χ2n) is 4.32. The summed E-state index contributed by atoms with van der Waals surface area (Å²) in [5, 5.41) is 2.92. The van der Waals surface area contributed by atoms with Crippen molar-refractivity contribution < 1.29 is 4.79 Å². The zero-order valence-electron chi connectivity index (χ0n) is 10.8. The van der Waals surface area contributed by atoms with Crippen LogP contribution in [0.25, 0.3) is 0 Å². The van der Waals surface area contributed by atoms with Crippen molar-refractivity contribution in [1.82, 2.24) is 19.9 Å². The average Bonchev–Trinajstić information content (AvgIpc) is 2.99. The van der Waals surface area contributed by atoms with Crippen molar-refractivity contribution in [2.45, 2.75) is 26.3 Å². The fraction of sp³-hybridized carbons (Fsp3) is 0.385. The summed E-state index contributed by atoms with van der Waals surface area (Å²) in [5.41, 5.74) is 1.71. The molecule has 0 fully saturated rings. The number of nitrogens with zero attached hydrogens (tertiary/aromatic N) is 2. The van der Waals surface area contributed by atoms with Crippen LogP contribution in [-0.4, -0.2) is 27.0 Å². The Bertz CT molecular complexity index is 533. The van der Waals surface area contributed by atoms with E-state index in [9.17, 15) is 4.79 Å². The van der Waals surface area contributed by atoms with Crippen LogP contribution in [0.1, 0.15) is 29.5 Å². The number of imidazole rings is 1. The number of H-pyrrole nitrogens is 1. The number of aryl methyl sites for hydroxylation is 1. The number of hydrogen-bond acceptors (Lipinski definition) is 2. The number of amides is 1. The van der Waals surface area contributed by atoms with Crippen LogP contribution in [-0.2, 0) is 13.0 Å². The van der Waals surface area contributed by atoms with Crippen LogP contribution in [0.5, 0.6) is 0 Å². The SMILES string of the molecule is CCCn1cc(Br)cc1C(=O)NCCc1cnc[nH]1. The molecule has 0 unspecified atom stereocenters. The van der Waals surface area contributed by atoms with Gasteiger partial charge in [0.2, 0.25) is 0 Å². The maximum atomic E-state index is 12.1. The Morgan fingerprint density at radius 3 is 3.11 bits per heavy atom. The van der Waals surface area contributed by atoms with Crippen LogP contribution >= 0.6 is 15.9 Å². The molecule has 0 bridgehead atoms. The van der Waals surface area contributed by atoms with Crippen LogP contribution in [0.15, 0.2) is 29.3 Å². The number of hydrogen-bond donors (Lipinski definition) is 2. The first-order valence-corrected chi connectivity index (χ1v) is 7.11. The molecule has 2 heterocycles. The van der Waals surface area contributed by atoms with E-state index in [-0.39, 0.29) is 5.91 Å². The molecule has 0 aromatic carbocycles. The van der Waals surface area contributed by atoms with E-state index in [0.29, 0.717) is 12.2 Å². The van der Waals surface area contributed by atoms with Crippen LogP contribution in [0, 0.1) is 0 Å². The molecule has 1 amide bonds. The van der Waals surface area contributed by atoms with Gasteiger partial charge >= 0.3 is 0 Å². The minimum atomic E-state index is -0.0429. The van der Waals surface area contributed by atoms with Gasteiger partial charge in [0.15, 0.2) is 0 Å². The van der Waals surface area contributed by atoms with E-state index in [2.05, 4.69) is 38.1 Å². The molecule has 5 nitrogen and oxygen atoms in total. The number of nitrogens with one attached hydrogen (secondary N) is 2. The molecular formula is C13H17BrN4O. The summed E-state index contributed by atoms with van der Waals surface area (Å²) in [6.45, 7) is 3.53. The van der Waals surface area contributed by atoms with Gasteiger partial charge in [-0.2, -0.15) is 0 Å². The van der Waals surface area contributed by atoms with Gasteiger partial charge in [0.1, 0.15) is 5.69 Å². The number of carbonyl (C=O) groups excluding carboxylic acids is 1. The highest BCUT2D eigenvalue weighted by molar-refractivity contribution is 9.10.